The lowest BCUT2D eigenvalue weighted by Gasteiger charge is -2.27. The fourth-order valence-corrected chi connectivity index (χ4v) is 1.85. The Bertz CT molecular complexity index is 508. The predicted octanol–water partition coefficient (Wildman–Crippen LogP) is 1.49. The van der Waals surface area contributed by atoms with E-state index in [0.29, 0.717) is 0 Å². The van der Waals surface area contributed by atoms with Crippen LogP contribution in [-0.4, -0.2) is 34.6 Å². The molecule has 0 radical (unpaired) electrons. The zero-order chi connectivity index (χ0) is 17.4. The van der Waals surface area contributed by atoms with Crippen LogP contribution in [0.15, 0.2) is 37.0 Å². The molecule has 2 saturated heterocycles. The molecule has 0 spiro atoms. The van der Waals surface area contributed by atoms with Crippen molar-refractivity contribution in [3.05, 3.63) is 37.0 Å². The summed E-state index contributed by atoms with van der Waals surface area (Å²) in [6, 6.07) is -0.941. The van der Waals surface area contributed by atoms with Crippen LogP contribution in [-0.2, 0) is 19.2 Å². The normalized spacial score (nSPS) is 20.7. The molecule has 1 unspecified atom stereocenters. The van der Waals surface area contributed by atoms with Gasteiger partial charge in [-0.3, -0.25) is 29.4 Å². The maximum Gasteiger partial charge on any atom is 0.261 e. The van der Waals surface area contributed by atoms with E-state index in [-0.39, 0.29) is 24.0 Å². The molecule has 2 aliphatic rings. The molecule has 0 aliphatic carbocycles. The van der Waals surface area contributed by atoms with Crippen molar-refractivity contribution >= 4 is 23.6 Å². The third-order valence-electron chi connectivity index (χ3n) is 2.84. The molecule has 2 fully saturated rings. The fraction of sp³-hybridized carbons (Fsp3) is 0.375. The van der Waals surface area contributed by atoms with Crippen molar-refractivity contribution in [2.24, 2.45) is 0 Å². The summed E-state index contributed by atoms with van der Waals surface area (Å²) in [6.45, 7) is 16.1. The van der Waals surface area contributed by atoms with Crippen molar-refractivity contribution in [3.8, 4) is 0 Å². The van der Waals surface area contributed by atoms with Crippen LogP contribution in [0.4, 0.5) is 0 Å². The van der Waals surface area contributed by atoms with Gasteiger partial charge in [-0.2, -0.15) is 0 Å². The average Bonchev–Trinajstić information content (AvgIpc) is 2.67. The summed E-state index contributed by atoms with van der Waals surface area (Å²) in [5.41, 5.74) is -0.000556. The molecular formula is C16H22N2O4. The van der Waals surface area contributed by atoms with Gasteiger partial charge in [0.15, 0.2) is 0 Å². The Morgan fingerprint density at radius 2 is 1.50 bits per heavy atom. The summed E-state index contributed by atoms with van der Waals surface area (Å²) >= 11 is 0. The lowest BCUT2D eigenvalue weighted by Crippen LogP contribution is -2.54. The highest BCUT2D eigenvalue weighted by Gasteiger charge is 2.44. The average molecular weight is 306 g/mol. The minimum Gasteiger partial charge on any atom is -0.295 e. The van der Waals surface area contributed by atoms with Gasteiger partial charge in [0, 0.05) is 17.6 Å². The Morgan fingerprint density at radius 1 is 1.09 bits per heavy atom. The highest BCUT2D eigenvalue weighted by atomic mass is 16.2. The van der Waals surface area contributed by atoms with Crippen LogP contribution >= 0.6 is 0 Å². The molecule has 6 heteroatoms. The molecule has 0 aromatic heterocycles. The van der Waals surface area contributed by atoms with Crippen molar-refractivity contribution in [2.75, 3.05) is 0 Å². The number of amides is 4. The van der Waals surface area contributed by atoms with Gasteiger partial charge in [-0.05, 0) is 13.3 Å². The molecule has 22 heavy (non-hydrogen) atoms. The zero-order valence-electron chi connectivity index (χ0n) is 13.3. The number of piperidine rings is 1. The second-order valence-corrected chi connectivity index (χ2v) is 4.31. The van der Waals surface area contributed by atoms with E-state index in [1.54, 1.807) is 6.08 Å². The number of rotatable bonds is 1. The van der Waals surface area contributed by atoms with Gasteiger partial charge in [0.2, 0.25) is 11.8 Å². The number of hydrogen-bond donors (Lipinski definition) is 1. The summed E-state index contributed by atoms with van der Waals surface area (Å²) in [7, 11) is 0. The lowest BCUT2D eigenvalue weighted by molar-refractivity contribution is -0.149. The Hall–Kier alpha value is -2.50. The monoisotopic (exact) mass is 306 g/mol. The smallest absolute Gasteiger partial charge is 0.261 e. The molecular weight excluding hydrogens is 284 g/mol. The van der Waals surface area contributed by atoms with Crippen LogP contribution in [0.25, 0.3) is 0 Å². The van der Waals surface area contributed by atoms with Crippen LogP contribution in [0.2, 0.25) is 0 Å². The van der Waals surface area contributed by atoms with Gasteiger partial charge in [-0.25, -0.2) is 0 Å². The van der Waals surface area contributed by atoms with Gasteiger partial charge >= 0.3 is 0 Å². The molecule has 0 bridgehead atoms. The van der Waals surface area contributed by atoms with Crippen molar-refractivity contribution in [3.63, 3.8) is 0 Å². The van der Waals surface area contributed by atoms with E-state index >= 15 is 0 Å². The van der Waals surface area contributed by atoms with Gasteiger partial charge < -0.3 is 0 Å². The summed E-state index contributed by atoms with van der Waals surface area (Å²) in [5.74, 6) is -2.27. The number of carbonyl (C=O) groups excluding carboxylic acids is 4. The number of imide groups is 2. The fourth-order valence-electron chi connectivity index (χ4n) is 1.85. The first-order chi connectivity index (χ1) is 10.3. The summed E-state index contributed by atoms with van der Waals surface area (Å²) in [5, 5.41) is 2.09. The molecule has 0 saturated carbocycles. The van der Waals surface area contributed by atoms with E-state index in [1.807, 2.05) is 20.8 Å². The topological polar surface area (TPSA) is 83.6 Å². The molecule has 4 amide bonds. The first kappa shape index (κ1) is 19.5. The van der Waals surface area contributed by atoms with E-state index in [9.17, 15) is 19.2 Å². The SMILES string of the molecule is C=C1C(=C)C(=O)N(C2CCC(=O)NC2=O)C1=O.C=CC.CC. The molecule has 2 rings (SSSR count). The van der Waals surface area contributed by atoms with Gasteiger partial charge in [0.05, 0.1) is 0 Å². The second kappa shape index (κ2) is 8.71. The summed E-state index contributed by atoms with van der Waals surface area (Å²) < 4.78 is 0. The number of allylic oxidation sites excluding steroid dienone is 1. The highest BCUT2D eigenvalue weighted by Crippen LogP contribution is 2.26. The Kier molecular flexibility index (Phi) is 7.72. The van der Waals surface area contributed by atoms with Crippen molar-refractivity contribution in [1.82, 2.24) is 10.2 Å². The number of carbonyl (C=O) groups is 4. The van der Waals surface area contributed by atoms with Crippen LogP contribution in [0.5, 0.6) is 0 Å². The zero-order valence-corrected chi connectivity index (χ0v) is 13.3. The van der Waals surface area contributed by atoms with E-state index in [4.69, 9.17) is 0 Å². The minimum atomic E-state index is -0.941. The molecule has 6 nitrogen and oxygen atoms in total. The quantitative estimate of drug-likeness (QED) is 0.452. The lowest BCUT2D eigenvalue weighted by atomic mass is 10.0. The summed E-state index contributed by atoms with van der Waals surface area (Å²) in [4.78, 5) is 46.8. The van der Waals surface area contributed by atoms with Crippen LogP contribution < -0.4 is 5.32 Å². The first-order valence-electron chi connectivity index (χ1n) is 7.02. The maximum absolute atomic E-state index is 11.7. The molecule has 120 valence electrons. The third kappa shape index (κ3) is 4.00. The van der Waals surface area contributed by atoms with Gasteiger partial charge in [-0.15, -0.1) is 6.58 Å². The van der Waals surface area contributed by atoms with Crippen molar-refractivity contribution in [2.45, 2.75) is 39.7 Å². The van der Waals surface area contributed by atoms with Gasteiger partial charge in [-0.1, -0.05) is 33.1 Å². The van der Waals surface area contributed by atoms with E-state index in [1.165, 1.54) is 0 Å². The number of nitrogens with one attached hydrogen (secondary N) is 1. The Labute approximate surface area is 130 Å². The second-order valence-electron chi connectivity index (χ2n) is 4.31. The molecule has 1 atom stereocenters. The number of hydrogen-bond acceptors (Lipinski definition) is 4. The molecule has 2 heterocycles. The third-order valence-corrected chi connectivity index (χ3v) is 2.84. The Balaban J connectivity index is 0.000000789. The first-order valence-corrected chi connectivity index (χ1v) is 7.02. The van der Waals surface area contributed by atoms with Crippen LogP contribution in [0.3, 0.4) is 0 Å². The maximum atomic E-state index is 11.7. The van der Waals surface area contributed by atoms with Crippen molar-refractivity contribution in [1.29, 1.82) is 0 Å². The summed E-state index contributed by atoms with van der Waals surface area (Å²) in [6.07, 6.45) is 2.00. The number of likely N-dealkylation sites (tertiary alicyclic amines) is 1. The number of nitrogens with zero attached hydrogens (tertiary/aromatic N) is 1. The van der Waals surface area contributed by atoms with E-state index in [2.05, 4.69) is 25.1 Å². The van der Waals surface area contributed by atoms with Crippen molar-refractivity contribution < 1.29 is 19.2 Å². The van der Waals surface area contributed by atoms with E-state index in [0.717, 1.165) is 4.90 Å². The largest absolute Gasteiger partial charge is 0.295 e. The predicted molar refractivity (Wildman–Crippen MR) is 83.5 cm³/mol. The Morgan fingerprint density at radius 3 is 1.86 bits per heavy atom. The van der Waals surface area contributed by atoms with Crippen LogP contribution in [0, 0.1) is 0 Å². The molecule has 2 aliphatic heterocycles. The van der Waals surface area contributed by atoms with Crippen LogP contribution in [0.1, 0.15) is 33.6 Å². The van der Waals surface area contributed by atoms with Gasteiger partial charge in [0.1, 0.15) is 6.04 Å². The van der Waals surface area contributed by atoms with E-state index < -0.39 is 29.7 Å². The highest BCUT2D eigenvalue weighted by molar-refractivity contribution is 6.25. The molecule has 0 aromatic carbocycles. The molecule has 1 N–H and O–H groups in total. The standard InChI is InChI=1S/C11H10N2O4.C3H6.C2H6/c1-5-6(2)11(17)13(10(5)16)7-3-4-8(14)12-9(7)15;1-3-2;1-2/h7H,1-4H2,(H,12,14,15);3H,1H2,2H3;1-2H3. The minimum absolute atomic E-state index is 0.000278. The molecule has 0 aromatic rings. The van der Waals surface area contributed by atoms with Gasteiger partial charge in [0.25, 0.3) is 11.8 Å².